The van der Waals surface area contributed by atoms with Crippen molar-refractivity contribution in [3.63, 3.8) is 0 Å². The number of hydrogen-bond donors (Lipinski definition) is 0. The van der Waals surface area contributed by atoms with E-state index in [1.54, 1.807) is 24.3 Å². The van der Waals surface area contributed by atoms with Gasteiger partial charge in [-0.05, 0) is 22.8 Å². The number of carbonyl (C=O) groups excluding carboxylic acids is 6. The minimum absolute atomic E-state index is 0.0248. The number of allylic oxidation sites excluding steroid dienone is 4. The summed E-state index contributed by atoms with van der Waals surface area (Å²) in [6.07, 6.45) is 3.64. The van der Waals surface area contributed by atoms with Crippen LogP contribution in [0.4, 0.5) is 0 Å². The number of esters is 4. The average Bonchev–Trinajstić information content (AvgIpc) is 3.68. The maximum atomic E-state index is 14.4. The zero-order valence-corrected chi connectivity index (χ0v) is 22.8. The summed E-state index contributed by atoms with van der Waals surface area (Å²) in [6, 6.07) is 0. The normalized spacial score (nSPS) is 36.4. The number of fused-ring (bicyclic) bond motifs is 11. The molecule has 216 valence electrons. The van der Waals surface area contributed by atoms with E-state index < -0.39 is 71.5 Å². The summed E-state index contributed by atoms with van der Waals surface area (Å²) in [5, 5.41) is 0. The van der Waals surface area contributed by atoms with Gasteiger partial charge in [-0.1, -0.05) is 24.3 Å². The largest absolute Gasteiger partial charge is 0.466 e. The molecule has 0 aromatic heterocycles. The molecule has 0 amide bonds. The van der Waals surface area contributed by atoms with Gasteiger partial charge in [-0.3, -0.25) is 9.59 Å². The van der Waals surface area contributed by atoms with Gasteiger partial charge in [-0.15, -0.1) is 0 Å². The Bertz CT molecular complexity index is 1630. The number of methoxy groups -OCH3 is 4. The van der Waals surface area contributed by atoms with E-state index in [4.69, 9.17) is 28.4 Å². The summed E-state index contributed by atoms with van der Waals surface area (Å²) >= 11 is 0. The number of hydrogen-bond acceptors (Lipinski definition) is 12. The molecule has 8 atom stereocenters. The van der Waals surface area contributed by atoms with E-state index in [1.165, 1.54) is 27.4 Å². The van der Waals surface area contributed by atoms with E-state index in [0.717, 1.165) is 7.11 Å². The molecule has 42 heavy (non-hydrogen) atoms. The minimum atomic E-state index is -1.37. The lowest BCUT2D eigenvalue weighted by Crippen LogP contribution is -2.47. The Balaban J connectivity index is 1.48. The molecule has 12 nitrogen and oxygen atoms in total. The lowest BCUT2D eigenvalue weighted by molar-refractivity contribution is -0.140. The van der Waals surface area contributed by atoms with Crippen LogP contribution in [0.1, 0.15) is 0 Å². The van der Waals surface area contributed by atoms with Crippen LogP contribution in [-0.4, -0.2) is 88.3 Å². The Hall–Kier alpha value is -4.42. The van der Waals surface area contributed by atoms with Gasteiger partial charge in [0.2, 0.25) is 0 Å². The van der Waals surface area contributed by atoms with E-state index in [1.807, 2.05) is 0 Å². The van der Waals surface area contributed by atoms with E-state index in [9.17, 15) is 28.8 Å². The van der Waals surface area contributed by atoms with Gasteiger partial charge in [0.05, 0.1) is 73.9 Å². The fourth-order valence-electron chi connectivity index (χ4n) is 7.65. The molecule has 7 rings (SSSR count). The van der Waals surface area contributed by atoms with Crippen molar-refractivity contribution < 1.29 is 57.2 Å². The van der Waals surface area contributed by atoms with Crippen molar-refractivity contribution in [3.8, 4) is 0 Å². The van der Waals surface area contributed by atoms with E-state index >= 15 is 0 Å². The first kappa shape index (κ1) is 26.5. The van der Waals surface area contributed by atoms with Gasteiger partial charge in [0.15, 0.2) is 5.78 Å². The molecule has 2 saturated heterocycles. The molecule has 7 aliphatic rings. The second-order valence-corrected chi connectivity index (χ2v) is 10.9. The first-order valence-corrected chi connectivity index (χ1v) is 13.2. The molecule has 4 aliphatic heterocycles. The van der Waals surface area contributed by atoms with Crippen LogP contribution in [0.2, 0.25) is 0 Å². The number of ketones is 2. The molecule has 0 aromatic carbocycles. The number of ether oxygens (including phenoxy) is 6. The van der Waals surface area contributed by atoms with Crippen molar-refractivity contribution in [3.05, 3.63) is 69.4 Å². The number of Topliss-reactive ketones (excluding diaryl/α,β-unsaturated/α-hetero) is 1. The Kier molecular flexibility index (Phi) is 5.54. The monoisotopic (exact) mass is 576 g/mol. The van der Waals surface area contributed by atoms with Crippen LogP contribution < -0.4 is 0 Å². The Labute approximate surface area is 238 Å². The fraction of sp³-hybridized carbons (Fsp3) is 0.400. The highest BCUT2D eigenvalue weighted by Crippen LogP contribution is 2.64. The van der Waals surface area contributed by atoms with Gasteiger partial charge in [0, 0.05) is 0 Å². The Morgan fingerprint density at radius 3 is 1.76 bits per heavy atom. The zero-order chi connectivity index (χ0) is 29.8. The lowest BCUT2D eigenvalue weighted by Gasteiger charge is -2.40. The molecule has 0 unspecified atom stereocenters. The fourth-order valence-corrected chi connectivity index (χ4v) is 7.65. The average molecular weight is 577 g/mol. The maximum Gasteiger partial charge on any atom is 0.337 e. The van der Waals surface area contributed by atoms with Gasteiger partial charge >= 0.3 is 23.9 Å². The molecule has 0 spiro atoms. The second kappa shape index (κ2) is 8.79. The lowest BCUT2D eigenvalue weighted by atomic mass is 9.59. The summed E-state index contributed by atoms with van der Waals surface area (Å²) in [4.78, 5) is 79.6. The summed E-state index contributed by atoms with van der Waals surface area (Å²) < 4.78 is 32.3. The van der Waals surface area contributed by atoms with Crippen LogP contribution >= 0.6 is 0 Å². The van der Waals surface area contributed by atoms with Crippen molar-refractivity contribution in [2.24, 2.45) is 23.2 Å². The van der Waals surface area contributed by atoms with Crippen molar-refractivity contribution in [2.45, 2.75) is 24.4 Å². The quantitative estimate of drug-likeness (QED) is 0.254. The van der Waals surface area contributed by atoms with Crippen LogP contribution in [0.15, 0.2) is 69.4 Å². The molecular formula is C30H24O12. The maximum absolute atomic E-state index is 14.4. The smallest absolute Gasteiger partial charge is 0.337 e. The third kappa shape index (κ3) is 2.98. The highest BCUT2D eigenvalue weighted by atomic mass is 16.6. The van der Waals surface area contributed by atoms with Gasteiger partial charge in [-0.25, -0.2) is 19.2 Å². The molecule has 12 heteroatoms. The molecule has 0 saturated carbocycles. The van der Waals surface area contributed by atoms with Gasteiger partial charge in [0.25, 0.3) is 0 Å². The summed E-state index contributed by atoms with van der Waals surface area (Å²) in [6.45, 7) is 0. The van der Waals surface area contributed by atoms with Gasteiger partial charge < -0.3 is 28.4 Å². The minimum Gasteiger partial charge on any atom is -0.466 e. The molecule has 0 N–H and O–H groups in total. The highest BCUT2D eigenvalue weighted by molar-refractivity contribution is 6.09. The van der Waals surface area contributed by atoms with Crippen LogP contribution in [0, 0.1) is 23.2 Å². The van der Waals surface area contributed by atoms with Crippen LogP contribution in [-0.2, 0) is 57.2 Å². The third-order valence-electron chi connectivity index (χ3n) is 9.36. The Morgan fingerprint density at radius 1 is 0.667 bits per heavy atom. The van der Waals surface area contributed by atoms with E-state index in [-0.39, 0.29) is 33.9 Å². The SMILES string of the molecule is COC(=O)C1=C(C(=O)OC)[C@H]2O[C@@H]1C1=C[C@H]3C(=O)[C@@H](C=C12)[C@]12C=CC(=O)[C@H]3C=C1[C@@H]1O[C@H]2C(C(=O)OC)=C1C(=O)OC. The first-order valence-electron chi connectivity index (χ1n) is 13.2. The number of carbonyl (C=O) groups is 6. The predicted octanol–water partition coefficient (Wildman–Crippen LogP) is 0.183. The van der Waals surface area contributed by atoms with Crippen molar-refractivity contribution in [1.29, 1.82) is 0 Å². The first-order chi connectivity index (χ1) is 20.1. The molecule has 8 bridgehead atoms. The van der Waals surface area contributed by atoms with Gasteiger partial charge in [-0.2, -0.15) is 0 Å². The molecule has 2 fully saturated rings. The summed E-state index contributed by atoms with van der Waals surface area (Å²) in [5.74, 6) is -6.80. The highest BCUT2D eigenvalue weighted by Gasteiger charge is 2.69. The molecule has 0 aromatic rings. The summed E-state index contributed by atoms with van der Waals surface area (Å²) in [7, 11) is 4.70. The van der Waals surface area contributed by atoms with Gasteiger partial charge in [0.1, 0.15) is 30.2 Å². The Morgan fingerprint density at radius 2 is 1.19 bits per heavy atom. The number of rotatable bonds is 4. The van der Waals surface area contributed by atoms with Crippen molar-refractivity contribution in [1.82, 2.24) is 0 Å². The molecule has 3 aliphatic carbocycles. The second-order valence-electron chi connectivity index (χ2n) is 10.9. The van der Waals surface area contributed by atoms with Crippen molar-refractivity contribution in [2.75, 3.05) is 28.4 Å². The van der Waals surface area contributed by atoms with Crippen LogP contribution in [0.25, 0.3) is 0 Å². The molecular weight excluding hydrogens is 552 g/mol. The zero-order valence-electron chi connectivity index (χ0n) is 22.8. The molecule has 0 radical (unpaired) electrons. The van der Waals surface area contributed by atoms with Crippen LogP contribution in [0.3, 0.4) is 0 Å². The van der Waals surface area contributed by atoms with E-state index in [0.29, 0.717) is 16.7 Å². The molecule has 4 heterocycles. The summed E-state index contributed by atoms with van der Waals surface area (Å²) in [5.41, 5.74) is -0.121. The van der Waals surface area contributed by atoms with Crippen molar-refractivity contribution >= 4 is 35.4 Å². The standard InChI is InChI=1S/C30H24O12/c1-37-26(33)17-18(27(34)38-2)23-13-9-14-21(32)11(7-12(13)22(17)41-23)10-8-15-24-19(28(35)39-3)20(29(36)40-4)25(42-24)30(14,15)6-5-16(10)31/h5-11,14,22-25H,1-4H3/t10-,11+,14+,22+,23-,24-,25-,30+/m0/s1. The van der Waals surface area contributed by atoms with E-state index in [2.05, 4.69) is 0 Å². The predicted molar refractivity (Wildman–Crippen MR) is 136 cm³/mol. The topological polar surface area (TPSA) is 158 Å². The third-order valence-corrected chi connectivity index (χ3v) is 9.36. The van der Waals surface area contributed by atoms with Crippen LogP contribution in [0.5, 0.6) is 0 Å².